The standard InChI is InChI=1S/C15H15FN2O3S/c16-12-6-8-13(9-7-12)22(20,21)18-14(15(17)19)10-11-4-2-1-3-5-11/h1-9,14,18H,10H2,(H2,17,19)/t14-/m0/s1. The highest BCUT2D eigenvalue weighted by atomic mass is 32.2. The summed E-state index contributed by atoms with van der Waals surface area (Å²) in [6, 6.07) is 12.1. The van der Waals surface area contributed by atoms with Gasteiger partial charge in [0, 0.05) is 0 Å². The molecule has 7 heteroatoms. The molecule has 0 saturated carbocycles. The highest BCUT2D eigenvalue weighted by Gasteiger charge is 2.24. The Morgan fingerprint density at radius 1 is 1.09 bits per heavy atom. The average Bonchev–Trinajstić information content (AvgIpc) is 2.48. The van der Waals surface area contributed by atoms with Crippen molar-refractivity contribution in [3.63, 3.8) is 0 Å². The van der Waals surface area contributed by atoms with Crippen LogP contribution in [-0.2, 0) is 21.2 Å². The molecule has 22 heavy (non-hydrogen) atoms. The fraction of sp³-hybridized carbons (Fsp3) is 0.133. The van der Waals surface area contributed by atoms with Crippen LogP contribution in [0.3, 0.4) is 0 Å². The number of carbonyl (C=O) groups excluding carboxylic acids is 1. The largest absolute Gasteiger partial charge is 0.368 e. The lowest BCUT2D eigenvalue weighted by Crippen LogP contribution is -2.45. The van der Waals surface area contributed by atoms with Crippen LogP contribution >= 0.6 is 0 Å². The van der Waals surface area contributed by atoms with Crippen molar-refractivity contribution in [2.45, 2.75) is 17.4 Å². The summed E-state index contributed by atoms with van der Waals surface area (Å²) < 4.78 is 39.5. The second-order valence-electron chi connectivity index (χ2n) is 4.72. The summed E-state index contributed by atoms with van der Waals surface area (Å²) >= 11 is 0. The number of primary amides is 1. The molecule has 0 saturated heterocycles. The minimum atomic E-state index is -3.96. The van der Waals surface area contributed by atoms with E-state index in [2.05, 4.69) is 4.72 Å². The fourth-order valence-electron chi connectivity index (χ4n) is 1.92. The Balaban J connectivity index is 2.20. The zero-order valence-electron chi connectivity index (χ0n) is 11.6. The number of nitrogens with one attached hydrogen (secondary N) is 1. The quantitative estimate of drug-likeness (QED) is 0.837. The molecule has 0 aliphatic carbocycles. The molecule has 3 N–H and O–H groups in total. The maximum absolute atomic E-state index is 12.9. The van der Waals surface area contributed by atoms with Gasteiger partial charge in [-0.3, -0.25) is 4.79 Å². The van der Waals surface area contributed by atoms with Gasteiger partial charge in [0.1, 0.15) is 11.9 Å². The minimum absolute atomic E-state index is 0.131. The molecule has 0 spiro atoms. The molecule has 0 radical (unpaired) electrons. The van der Waals surface area contributed by atoms with Crippen LogP contribution in [0.1, 0.15) is 5.56 Å². The van der Waals surface area contributed by atoms with Gasteiger partial charge in [0.25, 0.3) is 0 Å². The van der Waals surface area contributed by atoms with Crippen LogP contribution < -0.4 is 10.5 Å². The highest BCUT2D eigenvalue weighted by Crippen LogP contribution is 2.12. The zero-order valence-corrected chi connectivity index (χ0v) is 12.4. The van der Waals surface area contributed by atoms with Crippen LogP contribution in [0.25, 0.3) is 0 Å². The Bertz CT molecular complexity index is 746. The van der Waals surface area contributed by atoms with E-state index in [0.29, 0.717) is 0 Å². The van der Waals surface area contributed by atoms with E-state index in [1.54, 1.807) is 24.3 Å². The lowest BCUT2D eigenvalue weighted by atomic mass is 10.1. The predicted octanol–water partition coefficient (Wildman–Crippen LogP) is 1.20. The van der Waals surface area contributed by atoms with Crippen molar-refractivity contribution in [1.82, 2.24) is 4.72 Å². The molecule has 0 heterocycles. The van der Waals surface area contributed by atoms with E-state index < -0.39 is 27.8 Å². The smallest absolute Gasteiger partial charge is 0.241 e. The van der Waals surface area contributed by atoms with Crippen LogP contribution in [0.2, 0.25) is 0 Å². The summed E-state index contributed by atoms with van der Waals surface area (Å²) in [6.07, 6.45) is 0.136. The van der Waals surface area contributed by atoms with Gasteiger partial charge in [-0.2, -0.15) is 4.72 Å². The highest BCUT2D eigenvalue weighted by molar-refractivity contribution is 7.89. The summed E-state index contributed by atoms with van der Waals surface area (Å²) in [4.78, 5) is 11.4. The summed E-state index contributed by atoms with van der Waals surface area (Å²) in [5.74, 6) is -1.33. The molecule has 5 nitrogen and oxygen atoms in total. The van der Waals surface area contributed by atoms with Gasteiger partial charge in [-0.25, -0.2) is 12.8 Å². The normalized spacial score (nSPS) is 12.8. The summed E-state index contributed by atoms with van der Waals surface area (Å²) in [6.45, 7) is 0. The van der Waals surface area contributed by atoms with Crippen molar-refractivity contribution >= 4 is 15.9 Å². The molecule has 0 aromatic heterocycles. The predicted molar refractivity (Wildman–Crippen MR) is 79.8 cm³/mol. The van der Waals surface area contributed by atoms with Crippen LogP contribution in [0.4, 0.5) is 4.39 Å². The number of amides is 1. The van der Waals surface area contributed by atoms with E-state index in [1.807, 2.05) is 6.07 Å². The molecule has 0 unspecified atom stereocenters. The number of carbonyl (C=O) groups is 1. The van der Waals surface area contributed by atoms with E-state index in [0.717, 1.165) is 29.8 Å². The zero-order chi connectivity index (χ0) is 16.2. The first-order chi connectivity index (χ1) is 10.4. The average molecular weight is 322 g/mol. The number of halogens is 1. The van der Waals surface area contributed by atoms with Crippen molar-refractivity contribution in [2.24, 2.45) is 5.73 Å². The Kier molecular flexibility index (Phi) is 4.89. The first-order valence-corrected chi connectivity index (χ1v) is 7.98. The molecular weight excluding hydrogens is 307 g/mol. The molecule has 0 aliphatic rings. The van der Waals surface area contributed by atoms with E-state index in [4.69, 9.17) is 5.73 Å². The van der Waals surface area contributed by atoms with Crippen molar-refractivity contribution in [1.29, 1.82) is 0 Å². The number of benzene rings is 2. The van der Waals surface area contributed by atoms with Gasteiger partial charge in [0.2, 0.25) is 15.9 Å². The molecule has 1 amide bonds. The molecule has 0 bridgehead atoms. The Morgan fingerprint density at radius 2 is 1.68 bits per heavy atom. The first kappa shape index (κ1) is 16.1. The van der Waals surface area contributed by atoms with E-state index >= 15 is 0 Å². The summed E-state index contributed by atoms with van der Waals surface area (Å²) in [7, 11) is -3.96. The number of sulfonamides is 1. The molecule has 2 aromatic rings. The Morgan fingerprint density at radius 3 is 2.23 bits per heavy atom. The third kappa shape index (κ3) is 4.12. The van der Waals surface area contributed by atoms with Crippen molar-refractivity contribution in [3.8, 4) is 0 Å². The third-order valence-corrected chi connectivity index (χ3v) is 4.54. The molecule has 116 valence electrons. The molecule has 1 atom stereocenters. The van der Waals surface area contributed by atoms with Crippen molar-refractivity contribution < 1.29 is 17.6 Å². The van der Waals surface area contributed by atoms with E-state index in [9.17, 15) is 17.6 Å². The van der Waals surface area contributed by atoms with Gasteiger partial charge >= 0.3 is 0 Å². The summed E-state index contributed by atoms with van der Waals surface area (Å²) in [5, 5.41) is 0. The maximum Gasteiger partial charge on any atom is 0.241 e. The molecule has 2 aromatic carbocycles. The molecular formula is C15H15FN2O3S. The monoisotopic (exact) mass is 322 g/mol. The van der Waals surface area contributed by atoms with Crippen molar-refractivity contribution in [2.75, 3.05) is 0 Å². The SMILES string of the molecule is NC(=O)[C@H](Cc1ccccc1)NS(=O)(=O)c1ccc(F)cc1. The maximum atomic E-state index is 12.9. The molecule has 0 fully saturated rings. The Hall–Kier alpha value is -2.25. The Labute approximate surface area is 128 Å². The number of hydrogen-bond donors (Lipinski definition) is 2. The van der Waals surface area contributed by atoms with Gasteiger partial charge in [-0.1, -0.05) is 30.3 Å². The van der Waals surface area contributed by atoms with Gasteiger partial charge in [0.15, 0.2) is 0 Å². The lowest BCUT2D eigenvalue weighted by molar-refractivity contribution is -0.119. The minimum Gasteiger partial charge on any atom is -0.368 e. The van der Waals surface area contributed by atoms with E-state index in [1.165, 1.54) is 0 Å². The summed E-state index contributed by atoms with van der Waals surface area (Å²) in [5.41, 5.74) is 6.04. The lowest BCUT2D eigenvalue weighted by Gasteiger charge is -2.16. The van der Waals surface area contributed by atoms with Gasteiger partial charge in [0.05, 0.1) is 4.90 Å². The molecule has 2 rings (SSSR count). The third-order valence-electron chi connectivity index (χ3n) is 3.05. The number of rotatable bonds is 6. The molecule has 0 aliphatic heterocycles. The van der Waals surface area contributed by atoms with Gasteiger partial charge < -0.3 is 5.73 Å². The van der Waals surface area contributed by atoms with E-state index in [-0.39, 0.29) is 11.3 Å². The fourth-order valence-corrected chi connectivity index (χ4v) is 3.12. The van der Waals surface area contributed by atoms with Gasteiger partial charge in [-0.15, -0.1) is 0 Å². The van der Waals surface area contributed by atoms with Gasteiger partial charge in [-0.05, 0) is 36.2 Å². The number of hydrogen-bond acceptors (Lipinski definition) is 3. The number of nitrogens with two attached hydrogens (primary N) is 1. The second-order valence-corrected chi connectivity index (χ2v) is 6.43. The topological polar surface area (TPSA) is 89.3 Å². The van der Waals surface area contributed by atoms with Crippen LogP contribution in [-0.4, -0.2) is 20.4 Å². The van der Waals surface area contributed by atoms with Crippen LogP contribution in [0.5, 0.6) is 0 Å². The van der Waals surface area contributed by atoms with Crippen molar-refractivity contribution in [3.05, 3.63) is 66.0 Å². The first-order valence-electron chi connectivity index (χ1n) is 6.49. The van der Waals surface area contributed by atoms with Crippen LogP contribution in [0, 0.1) is 5.82 Å². The van der Waals surface area contributed by atoms with Crippen LogP contribution in [0.15, 0.2) is 59.5 Å². The second kappa shape index (κ2) is 6.67.